The molecule has 1 aliphatic rings. The maximum Gasteiger partial charge on any atom is 0.111 e. The number of para-hydroxylation sites is 1. The molecule has 1 atom stereocenters. The third-order valence-corrected chi connectivity index (χ3v) is 5.31. The number of H-pyrrole nitrogens is 1. The molecule has 0 bridgehead atoms. The van der Waals surface area contributed by atoms with Crippen LogP contribution in [0.3, 0.4) is 0 Å². The van der Waals surface area contributed by atoms with Crippen LogP contribution < -0.4 is 0 Å². The summed E-state index contributed by atoms with van der Waals surface area (Å²) in [6.45, 7) is 9.73. The molecule has 1 N–H and O–H groups in total. The van der Waals surface area contributed by atoms with E-state index >= 15 is 0 Å². The van der Waals surface area contributed by atoms with E-state index in [2.05, 4.69) is 58.4 Å². The van der Waals surface area contributed by atoms with E-state index in [0.29, 0.717) is 12.0 Å². The molecule has 4 rings (SSSR count). The number of benzene rings is 1. The minimum absolute atomic E-state index is 0.455. The number of hydrogen-bond donors (Lipinski definition) is 1. The van der Waals surface area contributed by atoms with Crippen molar-refractivity contribution in [3.63, 3.8) is 0 Å². The molecular weight excluding hydrogens is 310 g/mol. The molecule has 1 unspecified atom stereocenters. The summed E-state index contributed by atoms with van der Waals surface area (Å²) in [5.41, 5.74) is 4.82. The summed E-state index contributed by atoms with van der Waals surface area (Å²) in [6.07, 6.45) is 6.38. The van der Waals surface area contributed by atoms with Crippen LogP contribution in [0.15, 0.2) is 30.7 Å². The lowest BCUT2D eigenvalue weighted by atomic mass is 9.97. The maximum absolute atomic E-state index is 4.91. The van der Waals surface area contributed by atoms with Crippen LogP contribution in [0.5, 0.6) is 0 Å². The quantitative estimate of drug-likeness (QED) is 0.782. The zero-order valence-corrected chi connectivity index (χ0v) is 15.4. The average Bonchev–Trinajstić information content (AvgIpc) is 3.22. The van der Waals surface area contributed by atoms with Gasteiger partial charge in [0.05, 0.1) is 23.1 Å². The Morgan fingerprint density at radius 3 is 3.00 bits per heavy atom. The molecule has 1 aliphatic heterocycles. The predicted octanol–water partition coefficient (Wildman–Crippen LogP) is 4.03. The van der Waals surface area contributed by atoms with Crippen molar-refractivity contribution < 1.29 is 0 Å². The smallest absolute Gasteiger partial charge is 0.111 e. The monoisotopic (exact) mass is 337 g/mol. The third kappa shape index (κ3) is 3.21. The summed E-state index contributed by atoms with van der Waals surface area (Å²) < 4.78 is 2.27. The van der Waals surface area contributed by atoms with Crippen molar-refractivity contribution in [1.29, 1.82) is 0 Å². The number of nitrogens with one attached hydrogen (secondary N) is 1. The molecule has 3 heterocycles. The summed E-state index contributed by atoms with van der Waals surface area (Å²) in [7, 11) is 0. The number of aromatic nitrogens is 4. The van der Waals surface area contributed by atoms with Gasteiger partial charge in [-0.15, -0.1) is 0 Å². The van der Waals surface area contributed by atoms with Gasteiger partial charge < -0.3 is 9.55 Å². The number of likely N-dealkylation sites (tertiary alicyclic amines) is 1. The number of fused-ring (bicyclic) bond motifs is 1. The molecule has 0 amide bonds. The Morgan fingerprint density at radius 2 is 2.20 bits per heavy atom. The molecule has 5 nitrogen and oxygen atoms in total. The van der Waals surface area contributed by atoms with E-state index < -0.39 is 0 Å². The highest BCUT2D eigenvalue weighted by Gasteiger charge is 2.25. The van der Waals surface area contributed by atoms with Gasteiger partial charge in [-0.05, 0) is 51.8 Å². The van der Waals surface area contributed by atoms with E-state index in [1.165, 1.54) is 24.1 Å². The fraction of sp³-hybridized carbons (Fsp3) is 0.500. The van der Waals surface area contributed by atoms with Crippen LogP contribution in [0.2, 0.25) is 0 Å². The van der Waals surface area contributed by atoms with Gasteiger partial charge in [-0.3, -0.25) is 4.90 Å². The van der Waals surface area contributed by atoms with E-state index in [4.69, 9.17) is 4.98 Å². The second-order valence-electron chi connectivity index (χ2n) is 7.55. The molecule has 0 saturated carbocycles. The molecule has 3 aromatic rings. The van der Waals surface area contributed by atoms with Crippen molar-refractivity contribution in [2.45, 2.75) is 52.1 Å². The number of aryl methyl sites for hydroxylation is 1. The topological polar surface area (TPSA) is 49.7 Å². The van der Waals surface area contributed by atoms with Gasteiger partial charge in [-0.2, -0.15) is 0 Å². The lowest BCUT2D eigenvalue weighted by Crippen LogP contribution is -2.35. The first-order valence-electron chi connectivity index (χ1n) is 9.30. The van der Waals surface area contributed by atoms with Crippen LogP contribution in [-0.2, 0) is 6.54 Å². The van der Waals surface area contributed by atoms with Crippen molar-refractivity contribution in [2.24, 2.45) is 0 Å². The maximum atomic E-state index is 4.91. The molecule has 0 aliphatic carbocycles. The fourth-order valence-corrected chi connectivity index (χ4v) is 3.96. The third-order valence-electron chi connectivity index (χ3n) is 5.31. The van der Waals surface area contributed by atoms with Crippen LogP contribution in [0.25, 0.3) is 11.0 Å². The largest absolute Gasteiger partial charge is 0.342 e. The van der Waals surface area contributed by atoms with Gasteiger partial charge in [0.1, 0.15) is 5.82 Å². The zero-order valence-electron chi connectivity index (χ0n) is 15.4. The van der Waals surface area contributed by atoms with Crippen LogP contribution in [0, 0.1) is 6.92 Å². The average molecular weight is 337 g/mol. The number of hydrogen-bond acceptors (Lipinski definition) is 3. The number of imidazole rings is 2. The van der Waals surface area contributed by atoms with Gasteiger partial charge in [-0.25, -0.2) is 9.97 Å². The minimum Gasteiger partial charge on any atom is -0.342 e. The molecule has 2 aromatic heterocycles. The van der Waals surface area contributed by atoms with Crippen molar-refractivity contribution in [1.82, 2.24) is 24.4 Å². The molecule has 132 valence electrons. The molecule has 0 spiro atoms. The second kappa shape index (κ2) is 6.64. The zero-order chi connectivity index (χ0) is 17.4. The Hall–Kier alpha value is -2.14. The summed E-state index contributed by atoms with van der Waals surface area (Å²) in [5.74, 6) is 1.63. The Labute approximate surface area is 149 Å². The Kier molecular flexibility index (Phi) is 4.34. The highest BCUT2D eigenvalue weighted by Crippen LogP contribution is 2.28. The van der Waals surface area contributed by atoms with Crippen LogP contribution in [-0.4, -0.2) is 37.5 Å². The highest BCUT2D eigenvalue weighted by molar-refractivity contribution is 5.78. The summed E-state index contributed by atoms with van der Waals surface area (Å²) in [6, 6.07) is 6.81. The summed E-state index contributed by atoms with van der Waals surface area (Å²) in [4.78, 5) is 15.4. The van der Waals surface area contributed by atoms with E-state index in [-0.39, 0.29) is 0 Å². The molecule has 0 radical (unpaired) electrons. The van der Waals surface area contributed by atoms with E-state index in [9.17, 15) is 0 Å². The molecule has 1 fully saturated rings. The van der Waals surface area contributed by atoms with Crippen molar-refractivity contribution >= 4 is 11.0 Å². The van der Waals surface area contributed by atoms with Crippen LogP contribution in [0.4, 0.5) is 0 Å². The Balaban J connectivity index is 1.52. The first kappa shape index (κ1) is 16.3. The summed E-state index contributed by atoms with van der Waals surface area (Å²) in [5, 5.41) is 0. The van der Waals surface area contributed by atoms with Crippen molar-refractivity contribution in [3.05, 3.63) is 47.8 Å². The van der Waals surface area contributed by atoms with Gasteiger partial charge in [0.25, 0.3) is 0 Å². The Morgan fingerprint density at radius 1 is 1.32 bits per heavy atom. The normalized spacial score (nSPS) is 19.1. The van der Waals surface area contributed by atoms with E-state index in [1.54, 1.807) is 0 Å². The number of piperidine rings is 1. The van der Waals surface area contributed by atoms with Gasteiger partial charge >= 0.3 is 0 Å². The molecule has 5 heteroatoms. The van der Waals surface area contributed by atoms with Crippen LogP contribution >= 0.6 is 0 Å². The number of rotatable bonds is 4. The Bertz CT molecular complexity index is 860. The van der Waals surface area contributed by atoms with E-state index in [1.807, 2.05) is 12.5 Å². The molecule has 1 aromatic carbocycles. The van der Waals surface area contributed by atoms with Gasteiger partial charge in [0, 0.05) is 31.2 Å². The first-order chi connectivity index (χ1) is 12.1. The highest BCUT2D eigenvalue weighted by atomic mass is 15.2. The van der Waals surface area contributed by atoms with Crippen molar-refractivity contribution in [3.8, 4) is 0 Å². The number of aromatic amines is 1. The standard InChI is InChI=1S/C20H27N5/c1-14(2)25-13-21-10-17(25)12-24-9-5-7-16(11-24)20-22-18-8-4-6-15(3)19(18)23-20/h4,6,8,10,13-14,16H,5,7,9,11-12H2,1-3H3,(H,22,23). The van der Waals surface area contributed by atoms with Gasteiger partial charge in [0.15, 0.2) is 0 Å². The summed E-state index contributed by atoms with van der Waals surface area (Å²) >= 11 is 0. The first-order valence-corrected chi connectivity index (χ1v) is 9.30. The number of nitrogens with zero attached hydrogens (tertiary/aromatic N) is 4. The van der Waals surface area contributed by atoms with Crippen LogP contribution in [0.1, 0.15) is 55.7 Å². The molecule has 1 saturated heterocycles. The lowest BCUT2D eigenvalue weighted by Gasteiger charge is -2.32. The van der Waals surface area contributed by atoms with Gasteiger partial charge in [0.2, 0.25) is 0 Å². The van der Waals surface area contributed by atoms with Crippen molar-refractivity contribution in [2.75, 3.05) is 13.1 Å². The van der Waals surface area contributed by atoms with E-state index in [0.717, 1.165) is 36.5 Å². The molecule has 25 heavy (non-hydrogen) atoms. The molecular formula is C20H27N5. The predicted molar refractivity (Wildman–Crippen MR) is 101 cm³/mol. The SMILES string of the molecule is Cc1cccc2[nH]c(C3CCCN(Cc4cncn4C(C)C)C3)nc12. The van der Waals surface area contributed by atoms with Gasteiger partial charge in [-0.1, -0.05) is 12.1 Å². The lowest BCUT2D eigenvalue weighted by molar-refractivity contribution is 0.192. The fourth-order valence-electron chi connectivity index (χ4n) is 3.96. The minimum atomic E-state index is 0.455. The second-order valence-corrected chi connectivity index (χ2v) is 7.55.